The molecular weight excluding hydrogens is 494 g/mol. The van der Waals surface area contributed by atoms with Gasteiger partial charge in [0.1, 0.15) is 11.6 Å². The number of nitrogens with one attached hydrogen (secondary N) is 1. The molecule has 0 atom stereocenters. The largest absolute Gasteiger partial charge is 0.494 e. The molecule has 0 unspecified atom stereocenters. The Labute approximate surface area is 231 Å². The monoisotopic (exact) mass is 531 g/mol. The minimum atomic E-state index is -0.0142. The number of imidazole rings is 1. The molecule has 0 aliphatic carbocycles. The average Bonchev–Trinajstić information content (AvgIpc) is 3.25. The number of para-hydroxylation sites is 2. The first-order chi connectivity index (χ1) is 18.3. The van der Waals surface area contributed by atoms with Gasteiger partial charge >= 0.3 is 0 Å². The number of hydrogen-bond acceptors (Lipinski definition) is 3. The fourth-order valence-electron chi connectivity index (χ4n) is 4.53. The molecule has 200 valence electrons. The third-order valence-electron chi connectivity index (χ3n) is 6.71. The van der Waals surface area contributed by atoms with Crippen molar-refractivity contribution in [1.29, 1.82) is 0 Å². The van der Waals surface area contributed by atoms with Gasteiger partial charge in [-0.1, -0.05) is 74.8 Å². The van der Waals surface area contributed by atoms with Crippen LogP contribution < -0.4 is 10.1 Å². The molecule has 4 rings (SSSR count). The van der Waals surface area contributed by atoms with Crippen molar-refractivity contribution in [2.24, 2.45) is 0 Å². The SMILES string of the molecule is CC(C)(C)c1ccc(OCCCCn2c(CCCNC(=O)Cc3ccccc3Cl)nc3ccccc32)cc1. The van der Waals surface area contributed by atoms with E-state index in [9.17, 15) is 4.79 Å². The van der Waals surface area contributed by atoms with Crippen molar-refractivity contribution in [3.05, 3.63) is 94.8 Å². The van der Waals surface area contributed by atoms with Crippen LogP contribution in [0.2, 0.25) is 5.02 Å². The summed E-state index contributed by atoms with van der Waals surface area (Å²) in [4.78, 5) is 17.2. The zero-order chi connectivity index (χ0) is 27.0. The Morgan fingerprint density at radius 2 is 1.68 bits per heavy atom. The highest BCUT2D eigenvalue weighted by molar-refractivity contribution is 6.31. The molecule has 1 N–H and O–H groups in total. The van der Waals surface area contributed by atoms with Crippen LogP contribution in [0.25, 0.3) is 11.0 Å². The number of hydrogen-bond donors (Lipinski definition) is 1. The third-order valence-corrected chi connectivity index (χ3v) is 7.08. The lowest BCUT2D eigenvalue weighted by Gasteiger charge is -2.19. The Hall–Kier alpha value is -3.31. The van der Waals surface area contributed by atoms with Gasteiger partial charge in [-0.2, -0.15) is 0 Å². The molecule has 4 aromatic rings. The minimum Gasteiger partial charge on any atom is -0.494 e. The van der Waals surface area contributed by atoms with E-state index >= 15 is 0 Å². The molecule has 6 heteroatoms. The van der Waals surface area contributed by atoms with Crippen LogP contribution in [0.1, 0.15) is 57.0 Å². The number of aryl methyl sites for hydroxylation is 2. The number of amides is 1. The first-order valence-corrected chi connectivity index (χ1v) is 13.9. The van der Waals surface area contributed by atoms with Crippen molar-refractivity contribution in [3.8, 4) is 5.75 Å². The molecule has 0 saturated carbocycles. The van der Waals surface area contributed by atoms with Crippen LogP contribution in [0.5, 0.6) is 5.75 Å². The number of halogens is 1. The fraction of sp³-hybridized carbons (Fsp3) is 0.375. The Kier molecular flexibility index (Phi) is 9.46. The Morgan fingerprint density at radius 1 is 0.947 bits per heavy atom. The lowest BCUT2D eigenvalue weighted by atomic mass is 9.87. The molecule has 0 aliphatic heterocycles. The topological polar surface area (TPSA) is 56.1 Å². The zero-order valence-corrected chi connectivity index (χ0v) is 23.4. The summed E-state index contributed by atoms with van der Waals surface area (Å²) < 4.78 is 8.31. The first kappa shape index (κ1) is 27.7. The van der Waals surface area contributed by atoms with Crippen molar-refractivity contribution in [1.82, 2.24) is 14.9 Å². The molecule has 0 fully saturated rings. The van der Waals surface area contributed by atoms with Gasteiger partial charge in [-0.05, 0) is 66.1 Å². The molecule has 0 spiro atoms. The Morgan fingerprint density at radius 3 is 2.45 bits per heavy atom. The molecule has 1 aromatic heterocycles. The normalized spacial score (nSPS) is 11.6. The van der Waals surface area contributed by atoms with E-state index in [1.54, 1.807) is 0 Å². The highest BCUT2D eigenvalue weighted by Gasteiger charge is 2.13. The zero-order valence-electron chi connectivity index (χ0n) is 22.7. The highest BCUT2D eigenvalue weighted by atomic mass is 35.5. The maximum Gasteiger partial charge on any atom is 0.224 e. The van der Waals surface area contributed by atoms with Gasteiger partial charge in [0.05, 0.1) is 24.1 Å². The lowest BCUT2D eigenvalue weighted by Crippen LogP contribution is -2.26. The Balaban J connectivity index is 1.25. The lowest BCUT2D eigenvalue weighted by molar-refractivity contribution is -0.120. The van der Waals surface area contributed by atoms with Gasteiger partial charge in [-0.3, -0.25) is 4.79 Å². The van der Waals surface area contributed by atoms with E-state index in [1.165, 1.54) is 5.56 Å². The number of carbonyl (C=O) groups excluding carboxylic acids is 1. The highest BCUT2D eigenvalue weighted by Crippen LogP contribution is 2.24. The standard InChI is InChI=1S/C32H38ClN3O2/c1-32(2,3)25-16-18-26(19-17-25)38-22-9-8-21-36-29-14-7-6-13-28(29)35-30(36)15-10-20-34-31(37)23-24-11-4-5-12-27(24)33/h4-7,11-14,16-19H,8-10,15,20-23H2,1-3H3,(H,34,37). The molecule has 3 aromatic carbocycles. The summed E-state index contributed by atoms with van der Waals surface area (Å²) in [5, 5.41) is 3.64. The van der Waals surface area contributed by atoms with E-state index in [-0.39, 0.29) is 11.3 Å². The maximum absolute atomic E-state index is 12.3. The number of fused-ring (bicyclic) bond motifs is 1. The molecule has 1 heterocycles. The quantitative estimate of drug-likeness (QED) is 0.198. The second-order valence-corrected chi connectivity index (χ2v) is 11.1. The van der Waals surface area contributed by atoms with Crippen molar-refractivity contribution in [2.45, 2.75) is 64.8 Å². The summed E-state index contributed by atoms with van der Waals surface area (Å²) in [6, 6.07) is 24.2. The number of unbranched alkanes of at least 4 members (excludes halogenated alkanes) is 1. The van der Waals surface area contributed by atoms with E-state index in [1.807, 2.05) is 30.3 Å². The van der Waals surface area contributed by atoms with Gasteiger partial charge < -0.3 is 14.6 Å². The molecule has 0 saturated heterocycles. The molecule has 38 heavy (non-hydrogen) atoms. The van der Waals surface area contributed by atoms with E-state index < -0.39 is 0 Å². The molecule has 5 nitrogen and oxygen atoms in total. The summed E-state index contributed by atoms with van der Waals surface area (Å²) in [6.07, 6.45) is 3.89. The number of rotatable bonds is 12. The summed E-state index contributed by atoms with van der Waals surface area (Å²) in [6.45, 7) is 8.84. The second-order valence-electron chi connectivity index (χ2n) is 10.7. The van der Waals surface area contributed by atoms with E-state index in [4.69, 9.17) is 21.3 Å². The van der Waals surface area contributed by atoms with E-state index in [2.05, 4.69) is 73.1 Å². The number of aromatic nitrogens is 2. The number of benzene rings is 3. The molecule has 1 amide bonds. The van der Waals surface area contributed by atoms with Gasteiger partial charge in [0.25, 0.3) is 0 Å². The van der Waals surface area contributed by atoms with Crippen LogP contribution >= 0.6 is 11.6 Å². The van der Waals surface area contributed by atoms with Crippen LogP contribution in [-0.2, 0) is 29.6 Å². The number of carbonyl (C=O) groups is 1. The van der Waals surface area contributed by atoms with Gasteiger partial charge in [0, 0.05) is 24.5 Å². The molecule has 0 aliphatic rings. The van der Waals surface area contributed by atoms with Crippen molar-refractivity contribution < 1.29 is 9.53 Å². The summed E-state index contributed by atoms with van der Waals surface area (Å²) in [5.74, 6) is 1.97. The van der Waals surface area contributed by atoms with Crippen LogP contribution in [0.3, 0.4) is 0 Å². The molecule has 0 bridgehead atoms. The Bertz CT molecular complexity index is 1340. The predicted molar refractivity (Wildman–Crippen MR) is 156 cm³/mol. The second kappa shape index (κ2) is 13.0. The smallest absolute Gasteiger partial charge is 0.224 e. The number of ether oxygens (including phenoxy) is 1. The van der Waals surface area contributed by atoms with Crippen molar-refractivity contribution in [2.75, 3.05) is 13.2 Å². The summed E-state index contributed by atoms with van der Waals surface area (Å²) >= 11 is 6.18. The van der Waals surface area contributed by atoms with E-state index in [0.29, 0.717) is 24.6 Å². The number of nitrogens with zero attached hydrogens (tertiary/aromatic N) is 2. The van der Waals surface area contributed by atoms with Crippen molar-refractivity contribution in [3.63, 3.8) is 0 Å². The molecular formula is C32H38ClN3O2. The summed E-state index contributed by atoms with van der Waals surface area (Å²) in [7, 11) is 0. The van der Waals surface area contributed by atoms with E-state index in [0.717, 1.165) is 60.4 Å². The minimum absolute atomic E-state index is 0.0142. The van der Waals surface area contributed by atoms with Crippen molar-refractivity contribution >= 4 is 28.5 Å². The van der Waals surface area contributed by atoms with Crippen LogP contribution in [0.15, 0.2) is 72.8 Å². The fourth-order valence-corrected chi connectivity index (χ4v) is 4.73. The molecule has 0 radical (unpaired) electrons. The van der Waals surface area contributed by atoms with Gasteiger partial charge in [0.2, 0.25) is 5.91 Å². The maximum atomic E-state index is 12.3. The first-order valence-electron chi connectivity index (χ1n) is 13.5. The van der Waals surface area contributed by atoms with Gasteiger partial charge in [-0.15, -0.1) is 0 Å². The van der Waals surface area contributed by atoms with Crippen LogP contribution in [0, 0.1) is 0 Å². The van der Waals surface area contributed by atoms with Gasteiger partial charge in [0.15, 0.2) is 0 Å². The summed E-state index contributed by atoms with van der Waals surface area (Å²) in [5.41, 5.74) is 4.47. The van der Waals surface area contributed by atoms with Crippen LogP contribution in [0.4, 0.5) is 0 Å². The van der Waals surface area contributed by atoms with Crippen LogP contribution in [-0.4, -0.2) is 28.6 Å². The average molecular weight is 532 g/mol. The third kappa shape index (κ3) is 7.61. The van der Waals surface area contributed by atoms with Gasteiger partial charge in [-0.25, -0.2) is 4.98 Å². The predicted octanol–water partition coefficient (Wildman–Crippen LogP) is 7.14.